The van der Waals surface area contributed by atoms with Crippen LogP contribution < -0.4 is 11.1 Å². The van der Waals surface area contributed by atoms with Crippen LogP contribution in [0.1, 0.15) is 57.6 Å². The second-order valence-electron chi connectivity index (χ2n) is 6.44. The number of hydrogen-bond acceptors (Lipinski definition) is 5. The Balaban J connectivity index is 1.69. The largest absolute Gasteiger partial charge is 0.373 e. The standard InChI is InChI=1S/C15H24N4O/c1-10(2)12-7-13(19-14(16)18-12)17-11-8-15(20-9-11)5-3-4-6-15/h7,10-11H,3-6,8-9H2,1-2H3,(H3,16,17,18,19). The first kappa shape index (κ1) is 13.6. The lowest BCUT2D eigenvalue weighted by atomic mass is 9.96. The summed E-state index contributed by atoms with van der Waals surface area (Å²) in [7, 11) is 0. The van der Waals surface area contributed by atoms with Crippen molar-refractivity contribution in [3.8, 4) is 0 Å². The molecule has 2 fully saturated rings. The smallest absolute Gasteiger partial charge is 0.222 e. The highest BCUT2D eigenvalue weighted by Crippen LogP contribution is 2.41. The van der Waals surface area contributed by atoms with Gasteiger partial charge in [0.15, 0.2) is 0 Å². The van der Waals surface area contributed by atoms with Gasteiger partial charge in [-0.2, -0.15) is 4.98 Å². The zero-order chi connectivity index (χ0) is 14.2. The molecule has 1 spiro atoms. The molecule has 1 atom stereocenters. The maximum atomic E-state index is 6.06. The summed E-state index contributed by atoms with van der Waals surface area (Å²) in [5.74, 6) is 1.51. The maximum Gasteiger partial charge on any atom is 0.222 e. The van der Waals surface area contributed by atoms with E-state index in [9.17, 15) is 0 Å². The average molecular weight is 276 g/mol. The van der Waals surface area contributed by atoms with E-state index in [1.807, 2.05) is 6.07 Å². The molecule has 1 saturated carbocycles. The van der Waals surface area contributed by atoms with Gasteiger partial charge in [0.05, 0.1) is 23.9 Å². The molecule has 5 nitrogen and oxygen atoms in total. The van der Waals surface area contributed by atoms with Crippen LogP contribution in [0.25, 0.3) is 0 Å². The highest BCUT2D eigenvalue weighted by atomic mass is 16.5. The van der Waals surface area contributed by atoms with Gasteiger partial charge in [-0.05, 0) is 25.2 Å². The van der Waals surface area contributed by atoms with Crippen LogP contribution >= 0.6 is 0 Å². The van der Waals surface area contributed by atoms with E-state index in [0.29, 0.717) is 17.9 Å². The second kappa shape index (κ2) is 5.20. The van der Waals surface area contributed by atoms with Crippen LogP contribution in [0.4, 0.5) is 11.8 Å². The van der Waals surface area contributed by atoms with Crippen molar-refractivity contribution in [1.29, 1.82) is 0 Å². The first-order valence-electron chi connectivity index (χ1n) is 7.61. The average Bonchev–Trinajstić information content (AvgIpc) is 3.00. The summed E-state index contributed by atoms with van der Waals surface area (Å²) in [5, 5.41) is 3.47. The SMILES string of the molecule is CC(C)c1cc(NC2COC3(CCCC3)C2)nc(N)n1. The molecule has 0 bridgehead atoms. The van der Waals surface area contributed by atoms with Crippen LogP contribution in [0.2, 0.25) is 0 Å². The number of rotatable bonds is 3. The van der Waals surface area contributed by atoms with E-state index >= 15 is 0 Å². The van der Waals surface area contributed by atoms with Crippen LogP contribution in [0.3, 0.4) is 0 Å². The van der Waals surface area contributed by atoms with Gasteiger partial charge in [0.25, 0.3) is 0 Å². The van der Waals surface area contributed by atoms with Gasteiger partial charge in [0, 0.05) is 6.07 Å². The minimum absolute atomic E-state index is 0.136. The van der Waals surface area contributed by atoms with E-state index in [-0.39, 0.29) is 5.60 Å². The molecule has 2 heterocycles. The number of nitrogen functional groups attached to an aromatic ring is 1. The number of nitrogens with two attached hydrogens (primary N) is 1. The lowest BCUT2D eigenvalue weighted by Crippen LogP contribution is -2.25. The Labute approximate surface area is 120 Å². The molecular weight excluding hydrogens is 252 g/mol. The minimum Gasteiger partial charge on any atom is -0.373 e. The topological polar surface area (TPSA) is 73.1 Å². The van der Waals surface area contributed by atoms with E-state index in [1.54, 1.807) is 0 Å². The summed E-state index contributed by atoms with van der Waals surface area (Å²) in [6.07, 6.45) is 6.08. The Bertz CT molecular complexity index is 483. The molecule has 2 aliphatic rings. The zero-order valence-corrected chi connectivity index (χ0v) is 12.4. The predicted molar refractivity (Wildman–Crippen MR) is 79.7 cm³/mol. The lowest BCUT2D eigenvalue weighted by Gasteiger charge is -2.21. The Kier molecular flexibility index (Phi) is 3.54. The molecule has 0 radical (unpaired) electrons. The van der Waals surface area contributed by atoms with Crippen LogP contribution in [-0.4, -0.2) is 28.2 Å². The first-order valence-corrected chi connectivity index (χ1v) is 7.61. The Morgan fingerprint density at radius 3 is 2.80 bits per heavy atom. The second-order valence-corrected chi connectivity index (χ2v) is 6.44. The zero-order valence-electron chi connectivity index (χ0n) is 12.4. The first-order chi connectivity index (χ1) is 9.56. The predicted octanol–water partition coefficient (Wildman–Crippen LogP) is 2.70. The van der Waals surface area contributed by atoms with Crippen molar-refractivity contribution in [2.75, 3.05) is 17.7 Å². The quantitative estimate of drug-likeness (QED) is 0.888. The van der Waals surface area contributed by atoms with Crippen molar-refractivity contribution in [2.45, 2.75) is 63.5 Å². The molecule has 3 N–H and O–H groups in total. The van der Waals surface area contributed by atoms with E-state index < -0.39 is 0 Å². The highest BCUT2D eigenvalue weighted by molar-refractivity contribution is 5.42. The Morgan fingerprint density at radius 1 is 1.35 bits per heavy atom. The van der Waals surface area contributed by atoms with Gasteiger partial charge in [-0.15, -0.1) is 0 Å². The molecule has 3 rings (SSSR count). The molecule has 1 aliphatic carbocycles. The summed E-state index contributed by atoms with van der Waals surface area (Å²) >= 11 is 0. The molecule has 1 saturated heterocycles. The lowest BCUT2D eigenvalue weighted by molar-refractivity contribution is 0.0103. The van der Waals surface area contributed by atoms with Gasteiger partial charge < -0.3 is 15.8 Å². The van der Waals surface area contributed by atoms with Crippen LogP contribution in [0.15, 0.2) is 6.07 Å². The highest BCUT2D eigenvalue weighted by Gasteiger charge is 2.42. The van der Waals surface area contributed by atoms with Crippen molar-refractivity contribution >= 4 is 11.8 Å². The number of nitrogens with one attached hydrogen (secondary N) is 1. The molecule has 5 heteroatoms. The third-order valence-corrected chi connectivity index (χ3v) is 4.43. The minimum atomic E-state index is 0.136. The third kappa shape index (κ3) is 2.73. The van der Waals surface area contributed by atoms with Gasteiger partial charge in [-0.25, -0.2) is 4.98 Å². The number of aromatic nitrogens is 2. The molecule has 1 unspecified atom stereocenters. The number of hydrogen-bond donors (Lipinski definition) is 2. The van der Waals surface area contributed by atoms with Crippen molar-refractivity contribution in [2.24, 2.45) is 0 Å². The number of nitrogens with zero attached hydrogens (tertiary/aromatic N) is 2. The summed E-state index contributed by atoms with van der Waals surface area (Å²) in [6.45, 7) is 4.98. The third-order valence-electron chi connectivity index (χ3n) is 4.43. The van der Waals surface area contributed by atoms with Crippen LogP contribution in [-0.2, 0) is 4.74 Å². The summed E-state index contributed by atoms with van der Waals surface area (Å²) in [6, 6.07) is 2.34. The van der Waals surface area contributed by atoms with E-state index in [1.165, 1.54) is 25.7 Å². The van der Waals surface area contributed by atoms with Gasteiger partial charge in [0.2, 0.25) is 5.95 Å². The summed E-state index contributed by atoms with van der Waals surface area (Å²) in [5.41, 5.74) is 6.91. The summed E-state index contributed by atoms with van der Waals surface area (Å²) < 4.78 is 6.06. The van der Waals surface area contributed by atoms with E-state index in [0.717, 1.165) is 24.5 Å². The molecular formula is C15H24N4O. The van der Waals surface area contributed by atoms with Gasteiger partial charge in [-0.3, -0.25) is 0 Å². The summed E-state index contributed by atoms with van der Waals surface area (Å²) in [4.78, 5) is 8.57. The van der Waals surface area contributed by atoms with Crippen molar-refractivity contribution in [3.05, 3.63) is 11.8 Å². The molecule has 20 heavy (non-hydrogen) atoms. The van der Waals surface area contributed by atoms with Crippen LogP contribution in [0.5, 0.6) is 0 Å². The van der Waals surface area contributed by atoms with E-state index in [2.05, 4.69) is 29.1 Å². The molecule has 1 aromatic rings. The fraction of sp³-hybridized carbons (Fsp3) is 0.733. The van der Waals surface area contributed by atoms with Crippen LogP contribution in [0, 0.1) is 0 Å². The van der Waals surface area contributed by atoms with Crippen molar-refractivity contribution in [3.63, 3.8) is 0 Å². The fourth-order valence-electron chi connectivity index (χ4n) is 3.37. The Hall–Kier alpha value is -1.36. The monoisotopic (exact) mass is 276 g/mol. The molecule has 0 aromatic carbocycles. The number of ether oxygens (including phenoxy) is 1. The molecule has 0 amide bonds. The van der Waals surface area contributed by atoms with Crippen molar-refractivity contribution < 1.29 is 4.74 Å². The van der Waals surface area contributed by atoms with Crippen molar-refractivity contribution in [1.82, 2.24) is 9.97 Å². The number of anilines is 2. The Morgan fingerprint density at radius 2 is 2.10 bits per heavy atom. The maximum absolute atomic E-state index is 6.06. The fourth-order valence-corrected chi connectivity index (χ4v) is 3.37. The normalized spacial score (nSPS) is 24.6. The van der Waals surface area contributed by atoms with Gasteiger partial charge >= 0.3 is 0 Å². The van der Waals surface area contributed by atoms with Gasteiger partial charge in [0.1, 0.15) is 5.82 Å². The molecule has 1 aromatic heterocycles. The molecule has 1 aliphatic heterocycles. The van der Waals surface area contributed by atoms with E-state index in [4.69, 9.17) is 10.5 Å². The molecule has 110 valence electrons. The van der Waals surface area contributed by atoms with Gasteiger partial charge in [-0.1, -0.05) is 26.7 Å².